The highest BCUT2D eigenvalue weighted by atomic mass is 16.6. The fourth-order valence-corrected chi connectivity index (χ4v) is 2.03. The van der Waals surface area contributed by atoms with E-state index >= 15 is 0 Å². The van der Waals surface area contributed by atoms with Crippen LogP contribution < -0.4 is 0 Å². The SMILES string of the molecule is COC(=O)c1cccc(-n2nc(C)c([N+](=O)[O-])c2C)c1. The van der Waals surface area contributed by atoms with Crippen molar-refractivity contribution in [2.24, 2.45) is 0 Å². The summed E-state index contributed by atoms with van der Waals surface area (Å²) < 4.78 is 6.09. The van der Waals surface area contributed by atoms with Crippen LogP contribution in [0.5, 0.6) is 0 Å². The second-order valence-corrected chi connectivity index (χ2v) is 4.23. The fourth-order valence-electron chi connectivity index (χ4n) is 2.03. The molecule has 7 heteroatoms. The Balaban J connectivity index is 2.55. The van der Waals surface area contributed by atoms with E-state index in [1.807, 2.05) is 0 Å². The van der Waals surface area contributed by atoms with E-state index in [0.29, 0.717) is 22.6 Å². The number of carbonyl (C=O) groups excluding carboxylic acids is 1. The number of hydrogen-bond acceptors (Lipinski definition) is 5. The van der Waals surface area contributed by atoms with Crippen LogP contribution in [-0.4, -0.2) is 27.8 Å². The Morgan fingerprint density at radius 3 is 2.65 bits per heavy atom. The maximum absolute atomic E-state index is 11.5. The predicted molar refractivity (Wildman–Crippen MR) is 71.0 cm³/mol. The number of aryl methyl sites for hydroxylation is 1. The zero-order chi connectivity index (χ0) is 14.9. The maximum Gasteiger partial charge on any atom is 0.337 e. The molecule has 0 bridgehead atoms. The molecule has 20 heavy (non-hydrogen) atoms. The molecule has 0 radical (unpaired) electrons. The molecule has 0 saturated carbocycles. The first-order chi connectivity index (χ1) is 9.45. The molecule has 0 fully saturated rings. The van der Waals surface area contributed by atoms with Crippen LogP contribution in [0.3, 0.4) is 0 Å². The smallest absolute Gasteiger partial charge is 0.337 e. The van der Waals surface area contributed by atoms with Crippen molar-refractivity contribution >= 4 is 11.7 Å². The molecule has 1 heterocycles. The van der Waals surface area contributed by atoms with Crippen molar-refractivity contribution in [3.05, 3.63) is 51.3 Å². The fraction of sp³-hybridized carbons (Fsp3) is 0.231. The first kappa shape index (κ1) is 13.7. The Morgan fingerprint density at radius 2 is 2.10 bits per heavy atom. The molecule has 0 spiro atoms. The summed E-state index contributed by atoms with van der Waals surface area (Å²) in [5.41, 5.74) is 1.65. The monoisotopic (exact) mass is 275 g/mol. The number of rotatable bonds is 3. The van der Waals surface area contributed by atoms with Crippen LogP contribution in [0.15, 0.2) is 24.3 Å². The Labute approximate surface area is 114 Å². The molecular formula is C13H13N3O4. The number of nitrogens with zero attached hydrogens (tertiary/aromatic N) is 3. The predicted octanol–water partition coefficient (Wildman–Crippen LogP) is 2.18. The van der Waals surface area contributed by atoms with Crippen molar-refractivity contribution in [3.63, 3.8) is 0 Å². The second-order valence-electron chi connectivity index (χ2n) is 4.23. The normalized spacial score (nSPS) is 10.3. The molecule has 0 unspecified atom stereocenters. The van der Waals surface area contributed by atoms with E-state index in [0.717, 1.165) is 0 Å². The average molecular weight is 275 g/mol. The highest BCUT2D eigenvalue weighted by Crippen LogP contribution is 2.25. The summed E-state index contributed by atoms with van der Waals surface area (Å²) in [6, 6.07) is 6.57. The van der Waals surface area contributed by atoms with Crippen molar-refractivity contribution in [1.29, 1.82) is 0 Å². The lowest BCUT2D eigenvalue weighted by Gasteiger charge is -2.05. The van der Waals surface area contributed by atoms with E-state index in [2.05, 4.69) is 9.84 Å². The van der Waals surface area contributed by atoms with Gasteiger partial charge in [0.25, 0.3) is 0 Å². The van der Waals surface area contributed by atoms with Gasteiger partial charge in [0.1, 0.15) is 11.4 Å². The Hall–Kier alpha value is -2.70. The summed E-state index contributed by atoms with van der Waals surface area (Å²) >= 11 is 0. The van der Waals surface area contributed by atoms with Crippen molar-refractivity contribution in [3.8, 4) is 5.69 Å². The van der Waals surface area contributed by atoms with Gasteiger partial charge in [-0.15, -0.1) is 0 Å². The van der Waals surface area contributed by atoms with Gasteiger partial charge in [0, 0.05) is 0 Å². The lowest BCUT2D eigenvalue weighted by molar-refractivity contribution is -0.386. The van der Waals surface area contributed by atoms with E-state index < -0.39 is 10.9 Å². The van der Waals surface area contributed by atoms with Gasteiger partial charge < -0.3 is 4.74 Å². The van der Waals surface area contributed by atoms with Gasteiger partial charge in [-0.25, -0.2) is 9.48 Å². The van der Waals surface area contributed by atoms with Crippen molar-refractivity contribution < 1.29 is 14.5 Å². The van der Waals surface area contributed by atoms with Gasteiger partial charge in [-0.1, -0.05) is 6.07 Å². The van der Waals surface area contributed by atoms with Crippen LogP contribution in [0.25, 0.3) is 5.69 Å². The highest BCUT2D eigenvalue weighted by molar-refractivity contribution is 5.89. The van der Waals surface area contributed by atoms with Gasteiger partial charge in [-0.3, -0.25) is 10.1 Å². The highest BCUT2D eigenvalue weighted by Gasteiger charge is 2.22. The van der Waals surface area contributed by atoms with Crippen LogP contribution in [0.2, 0.25) is 0 Å². The molecule has 2 rings (SSSR count). The number of nitro groups is 1. The van der Waals surface area contributed by atoms with Crippen molar-refractivity contribution in [1.82, 2.24) is 9.78 Å². The number of benzene rings is 1. The lowest BCUT2D eigenvalue weighted by Crippen LogP contribution is -2.04. The third kappa shape index (κ3) is 2.25. The molecule has 1 aromatic heterocycles. The minimum absolute atomic E-state index is 0.0199. The van der Waals surface area contributed by atoms with E-state index in [1.54, 1.807) is 38.1 Å². The molecule has 2 aromatic rings. The molecule has 7 nitrogen and oxygen atoms in total. The van der Waals surface area contributed by atoms with Crippen molar-refractivity contribution in [2.75, 3.05) is 7.11 Å². The van der Waals surface area contributed by atoms with Crippen LogP contribution >= 0.6 is 0 Å². The molecule has 0 aliphatic heterocycles. The number of hydrogen-bond donors (Lipinski definition) is 0. The average Bonchev–Trinajstić information content (AvgIpc) is 2.73. The zero-order valence-corrected chi connectivity index (χ0v) is 11.3. The topological polar surface area (TPSA) is 87.3 Å². The lowest BCUT2D eigenvalue weighted by atomic mass is 10.2. The minimum Gasteiger partial charge on any atom is -0.465 e. The number of ether oxygens (including phenoxy) is 1. The standard InChI is InChI=1S/C13H13N3O4/c1-8-12(16(18)19)9(2)15(14-8)11-6-4-5-10(7-11)13(17)20-3/h4-7H,1-3H3. The van der Waals surface area contributed by atoms with Crippen LogP contribution in [0.4, 0.5) is 5.69 Å². The Bertz CT molecular complexity index is 691. The van der Waals surface area contributed by atoms with Gasteiger partial charge in [0.15, 0.2) is 0 Å². The van der Waals surface area contributed by atoms with Gasteiger partial charge in [-0.2, -0.15) is 5.10 Å². The molecule has 0 N–H and O–H groups in total. The summed E-state index contributed by atoms with van der Waals surface area (Å²) in [6.45, 7) is 3.19. The van der Waals surface area contributed by atoms with Gasteiger partial charge in [0.05, 0.1) is 23.3 Å². The van der Waals surface area contributed by atoms with Crippen molar-refractivity contribution in [2.45, 2.75) is 13.8 Å². The van der Waals surface area contributed by atoms with E-state index in [1.165, 1.54) is 11.8 Å². The first-order valence-electron chi connectivity index (χ1n) is 5.85. The Morgan fingerprint density at radius 1 is 1.40 bits per heavy atom. The number of esters is 1. The van der Waals surface area contributed by atoms with E-state index in [4.69, 9.17) is 0 Å². The maximum atomic E-state index is 11.5. The molecule has 104 valence electrons. The summed E-state index contributed by atoms with van der Waals surface area (Å²) in [6.07, 6.45) is 0. The first-order valence-corrected chi connectivity index (χ1v) is 5.85. The summed E-state index contributed by atoms with van der Waals surface area (Å²) in [4.78, 5) is 22.0. The molecule has 0 atom stereocenters. The van der Waals surface area contributed by atoms with Gasteiger partial charge in [0.2, 0.25) is 0 Å². The van der Waals surface area contributed by atoms with Gasteiger partial charge in [-0.05, 0) is 32.0 Å². The summed E-state index contributed by atoms with van der Waals surface area (Å²) in [7, 11) is 1.29. The van der Waals surface area contributed by atoms with Crippen LogP contribution in [-0.2, 0) is 4.74 Å². The third-order valence-electron chi connectivity index (χ3n) is 2.95. The zero-order valence-electron chi connectivity index (χ0n) is 11.3. The quantitative estimate of drug-likeness (QED) is 0.486. The number of methoxy groups -OCH3 is 1. The van der Waals surface area contributed by atoms with E-state index in [9.17, 15) is 14.9 Å². The molecule has 0 aliphatic carbocycles. The van der Waals surface area contributed by atoms with Gasteiger partial charge >= 0.3 is 11.7 Å². The van der Waals surface area contributed by atoms with E-state index in [-0.39, 0.29) is 5.69 Å². The second kappa shape index (κ2) is 5.12. The molecule has 0 amide bonds. The summed E-state index contributed by atoms with van der Waals surface area (Å²) in [5, 5.41) is 15.1. The number of aromatic nitrogens is 2. The Kier molecular flexibility index (Phi) is 3.51. The summed E-state index contributed by atoms with van der Waals surface area (Å²) in [5.74, 6) is -0.470. The molecule has 1 aromatic carbocycles. The number of carbonyl (C=O) groups is 1. The molecule has 0 aliphatic rings. The largest absolute Gasteiger partial charge is 0.465 e. The molecule has 0 saturated heterocycles. The molecular weight excluding hydrogens is 262 g/mol. The minimum atomic E-state index is -0.470. The van der Waals surface area contributed by atoms with Crippen LogP contribution in [0, 0.1) is 24.0 Å². The van der Waals surface area contributed by atoms with Crippen LogP contribution in [0.1, 0.15) is 21.7 Å². The third-order valence-corrected chi connectivity index (χ3v) is 2.95.